The zero-order chi connectivity index (χ0) is 14.3. The van der Waals surface area contributed by atoms with E-state index in [1.54, 1.807) is 6.20 Å². The number of carboxylic acids is 1. The van der Waals surface area contributed by atoms with Crippen molar-refractivity contribution < 1.29 is 14.7 Å². The lowest BCUT2D eigenvalue weighted by molar-refractivity contribution is -0.138. The molecule has 0 saturated carbocycles. The first-order valence-corrected chi connectivity index (χ1v) is 5.80. The number of hydrogen-bond acceptors (Lipinski definition) is 5. The Morgan fingerprint density at radius 3 is 3.00 bits per heavy atom. The van der Waals surface area contributed by atoms with Gasteiger partial charge in [0.15, 0.2) is 0 Å². The Kier molecular flexibility index (Phi) is 5.68. The first-order chi connectivity index (χ1) is 9.02. The molecular formula is C11H17N5O3. The van der Waals surface area contributed by atoms with Gasteiger partial charge in [-0.2, -0.15) is 0 Å². The molecule has 4 N–H and O–H groups in total. The van der Waals surface area contributed by atoms with E-state index in [4.69, 9.17) is 10.8 Å². The van der Waals surface area contributed by atoms with Crippen molar-refractivity contribution in [3.05, 3.63) is 24.5 Å². The lowest BCUT2D eigenvalue weighted by Crippen LogP contribution is -2.34. The van der Waals surface area contributed by atoms with Crippen LogP contribution in [0.5, 0.6) is 0 Å². The van der Waals surface area contributed by atoms with Crippen LogP contribution >= 0.6 is 0 Å². The first-order valence-electron chi connectivity index (χ1n) is 5.80. The fourth-order valence-electron chi connectivity index (χ4n) is 1.38. The van der Waals surface area contributed by atoms with Crippen LogP contribution in [0.1, 0.15) is 12.1 Å². The standard InChI is InChI=1S/C11H17N5O3/c1-2-10(17)13-5-3-4-8-6-16(15-14-8)7-9(12)11(18)19/h2,6,9H,1,3-5,7,12H2,(H,13,17)(H,18,19)/t9-/m0/s1. The van der Waals surface area contributed by atoms with E-state index in [0.717, 1.165) is 5.69 Å². The number of nitrogens with one attached hydrogen (secondary N) is 1. The molecule has 0 saturated heterocycles. The van der Waals surface area contributed by atoms with Crippen LogP contribution in [0, 0.1) is 0 Å². The smallest absolute Gasteiger partial charge is 0.322 e. The van der Waals surface area contributed by atoms with E-state index < -0.39 is 12.0 Å². The number of aliphatic carboxylic acids is 1. The fourth-order valence-corrected chi connectivity index (χ4v) is 1.38. The van der Waals surface area contributed by atoms with Crippen molar-refractivity contribution in [2.24, 2.45) is 5.73 Å². The molecule has 0 aliphatic rings. The van der Waals surface area contributed by atoms with Crippen molar-refractivity contribution in [1.82, 2.24) is 20.3 Å². The van der Waals surface area contributed by atoms with Crippen molar-refractivity contribution in [2.75, 3.05) is 6.54 Å². The monoisotopic (exact) mass is 267 g/mol. The van der Waals surface area contributed by atoms with Gasteiger partial charge in [0, 0.05) is 12.7 Å². The zero-order valence-corrected chi connectivity index (χ0v) is 10.5. The Bertz CT molecular complexity index is 457. The zero-order valence-electron chi connectivity index (χ0n) is 10.5. The van der Waals surface area contributed by atoms with Gasteiger partial charge in [0.25, 0.3) is 0 Å². The summed E-state index contributed by atoms with van der Waals surface area (Å²) in [5.41, 5.74) is 6.11. The van der Waals surface area contributed by atoms with Gasteiger partial charge in [-0.05, 0) is 18.9 Å². The third kappa shape index (κ3) is 5.30. The average molecular weight is 267 g/mol. The van der Waals surface area contributed by atoms with Crippen LogP contribution in [0.15, 0.2) is 18.9 Å². The summed E-state index contributed by atoms with van der Waals surface area (Å²) >= 11 is 0. The van der Waals surface area contributed by atoms with Gasteiger partial charge in [0.1, 0.15) is 6.04 Å². The van der Waals surface area contributed by atoms with Crippen LogP contribution in [-0.2, 0) is 22.6 Å². The van der Waals surface area contributed by atoms with Gasteiger partial charge in [-0.25, -0.2) is 0 Å². The molecule has 0 aromatic carbocycles. The maximum absolute atomic E-state index is 10.9. The normalized spacial score (nSPS) is 11.8. The minimum absolute atomic E-state index is 0.0789. The Labute approximate surface area is 110 Å². The average Bonchev–Trinajstić information content (AvgIpc) is 2.81. The van der Waals surface area contributed by atoms with Crippen molar-refractivity contribution in [3.63, 3.8) is 0 Å². The fraction of sp³-hybridized carbons (Fsp3) is 0.455. The molecule has 1 heterocycles. The molecule has 19 heavy (non-hydrogen) atoms. The molecule has 0 spiro atoms. The molecule has 0 fully saturated rings. The van der Waals surface area contributed by atoms with Gasteiger partial charge in [-0.15, -0.1) is 5.10 Å². The number of rotatable bonds is 8. The molecule has 1 rings (SSSR count). The molecule has 1 amide bonds. The summed E-state index contributed by atoms with van der Waals surface area (Å²) in [5, 5.41) is 19.0. The van der Waals surface area contributed by atoms with Gasteiger partial charge in [0.2, 0.25) is 5.91 Å². The molecule has 1 atom stereocenters. The molecule has 1 aromatic heterocycles. The third-order valence-corrected chi connectivity index (χ3v) is 2.38. The number of carboxylic acid groups (broad SMARTS) is 1. The molecule has 104 valence electrons. The SMILES string of the molecule is C=CC(=O)NCCCc1cn(C[C@H](N)C(=O)O)nn1. The third-order valence-electron chi connectivity index (χ3n) is 2.38. The highest BCUT2D eigenvalue weighted by atomic mass is 16.4. The predicted molar refractivity (Wildman–Crippen MR) is 67.2 cm³/mol. The van der Waals surface area contributed by atoms with E-state index in [2.05, 4.69) is 22.2 Å². The summed E-state index contributed by atoms with van der Waals surface area (Å²) in [6.45, 7) is 3.94. The molecule has 8 heteroatoms. The van der Waals surface area contributed by atoms with Crippen molar-refractivity contribution in [3.8, 4) is 0 Å². The van der Waals surface area contributed by atoms with Crippen molar-refractivity contribution in [2.45, 2.75) is 25.4 Å². The Balaban J connectivity index is 2.32. The highest BCUT2D eigenvalue weighted by molar-refractivity contribution is 5.86. The maximum atomic E-state index is 10.9. The van der Waals surface area contributed by atoms with Gasteiger partial charge in [-0.1, -0.05) is 11.8 Å². The number of amides is 1. The summed E-state index contributed by atoms with van der Waals surface area (Å²) in [6, 6.07) is -0.999. The molecule has 0 aliphatic carbocycles. The number of aromatic nitrogens is 3. The number of nitrogens with zero attached hydrogens (tertiary/aromatic N) is 3. The summed E-state index contributed by atoms with van der Waals surface area (Å²) in [7, 11) is 0. The predicted octanol–water partition coefficient (Wildman–Crippen LogP) is -1.08. The van der Waals surface area contributed by atoms with E-state index in [0.29, 0.717) is 19.4 Å². The molecule has 0 bridgehead atoms. The van der Waals surface area contributed by atoms with Gasteiger partial charge in [-0.3, -0.25) is 14.3 Å². The van der Waals surface area contributed by atoms with E-state index in [9.17, 15) is 9.59 Å². The summed E-state index contributed by atoms with van der Waals surface area (Å²) in [5.74, 6) is -1.29. The second kappa shape index (κ2) is 7.27. The van der Waals surface area contributed by atoms with Gasteiger partial charge in [0.05, 0.1) is 12.2 Å². The van der Waals surface area contributed by atoms with Gasteiger partial charge < -0.3 is 16.2 Å². The van der Waals surface area contributed by atoms with Crippen LogP contribution in [0.3, 0.4) is 0 Å². The minimum atomic E-state index is -1.08. The topological polar surface area (TPSA) is 123 Å². The van der Waals surface area contributed by atoms with E-state index in [1.807, 2.05) is 0 Å². The lowest BCUT2D eigenvalue weighted by atomic mass is 10.2. The number of hydrogen-bond donors (Lipinski definition) is 3. The first kappa shape index (κ1) is 14.8. The highest BCUT2D eigenvalue weighted by Gasteiger charge is 2.13. The van der Waals surface area contributed by atoms with Crippen molar-refractivity contribution >= 4 is 11.9 Å². The number of aryl methyl sites for hydroxylation is 1. The quantitative estimate of drug-likeness (QED) is 0.407. The van der Waals surface area contributed by atoms with E-state index in [-0.39, 0.29) is 12.5 Å². The Morgan fingerprint density at radius 2 is 2.37 bits per heavy atom. The second-order valence-electron chi connectivity index (χ2n) is 3.98. The maximum Gasteiger partial charge on any atom is 0.322 e. The van der Waals surface area contributed by atoms with Crippen LogP contribution in [0.2, 0.25) is 0 Å². The van der Waals surface area contributed by atoms with Crippen LogP contribution in [-0.4, -0.2) is 44.6 Å². The molecule has 0 radical (unpaired) electrons. The molecule has 1 aromatic rings. The molecule has 8 nitrogen and oxygen atoms in total. The lowest BCUT2D eigenvalue weighted by Gasteiger charge is -2.04. The summed E-state index contributed by atoms with van der Waals surface area (Å²) in [6.07, 6.45) is 4.21. The van der Waals surface area contributed by atoms with Crippen molar-refractivity contribution in [1.29, 1.82) is 0 Å². The number of carbonyl (C=O) groups excluding carboxylic acids is 1. The van der Waals surface area contributed by atoms with Crippen LogP contribution in [0.25, 0.3) is 0 Å². The number of nitrogens with two attached hydrogens (primary N) is 1. The minimum Gasteiger partial charge on any atom is -0.480 e. The number of carbonyl (C=O) groups is 2. The summed E-state index contributed by atoms with van der Waals surface area (Å²) < 4.78 is 1.40. The highest BCUT2D eigenvalue weighted by Crippen LogP contribution is 1.98. The molecule has 0 aliphatic heterocycles. The van der Waals surface area contributed by atoms with Crippen LogP contribution < -0.4 is 11.1 Å². The second-order valence-corrected chi connectivity index (χ2v) is 3.98. The Hall–Kier alpha value is -2.22. The van der Waals surface area contributed by atoms with Gasteiger partial charge >= 0.3 is 5.97 Å². The largest absolute Gasteiger partial charge is 0.480 e. The van der Waals surface area contributed by atoms with Crippen LogP contribution in [0.4, 0.5) is 0 Å². The molecule has 0 unspecified atom stereocenters. The van der Waals surface area contributed by atoms with E-state index >= 15 is 0 Å². The summed E-state index contributed by atoms with van der Waals surface area (Å²) in [4.78, 5) is 21.5. The Morgan fingerprint density at radius 1 is 1.63 bits per heavy atom. The molecular weight excluding hydrogens is 250 g/mol. The van der Waals surface area contributed by atoms with E-state index in [1.165, 1.54) is 10.8 Å².